The molecule has 6 nitrogen and oxygen atoms in total. The first-order valence-corrected chi connectivity index (χ1v) is 6.31. The normalized spacial score (nSPS) is 24.9. The summed E-state index contributed by atoms with van der Waals surface area (Å²) in [5.41, 5.74) is -0.314. The third-order valence-corrected chi connectivity index (χ3v) is 3.64. The summed E-state index contributed by atoms with van der Waals surface area (Å²) in [4.78, 5) is 41.3. The van der Waals surface area contributed by atoms with Gasteiger partial charge in [-0.15, -0.1) is 0 Å². The van der Waals surface area contributed by atoms with Crippen molar-refractivity contribution in [1.82, 2.24) is 5.06 Å². The van der Waals surface area contributed by atoms with E-state index in [0.29, 0.717) is 18.1 Å². The molecule has 0 bridgehead atoms. The molecule has 6 heteroatoms. The molecule has 0 aliphatic carbocycles. The number of ether oxygens (including phenoxy) is 1. The third kappa shape index (κ3) is 1.80. The molecule has 1 atom stereocenters. The van der Waals surface area contributed by atoms with Crippen LogP contribution in [-0.2, 0) is 14.4 Å². The highest BCUT2D eigenvalue weighted by Crippen LogP contribution is 2.31. The van der Waals surface area contributed by atoms with Gasteiger partial charge in [0.2, 0.25) is 0 Å². The molecule has 2 heterocycles. The van der Waals surface area contributed by atoms with Gasteiger partial charge < -0.3 is 9.57 Å². The predicted octanol–water partition coefficient (Wildman–Crippen LogP) is 1.17. The fourth-order valence-corrected chi connectivity index (χ4v) is 2.27. The zero-order chi connectivity index (χ0) is 14.3. The average Bonchev–Trinajstić information content (AvgIpc) is 2.99. The molecule has 0 saturated carbocycles. The number of hydrogen-bond donors (Lipinski definition) is 0. The van der Waals surface area contributed by atoms with Crippen molar-refractivity contribution in [3.05, 3.63) is 35.4 Å². The monoisotopic (exact) mass is 275 g/mol. The van der Waals surface area contributed by atoms with Gasteiger partial charge >= 0.3 is 5.97 Å². The summed E-state index contributed by atoms with van der Waals surface area (Å²) < 4.78 is 5.17. The predicted molar refractivity (Wildman–Crippen MR) is 66.6 cm³/mol. The second-order valence-electron chi connectivity index (χ2n) is 5.19. The van der Waals surface area contributed by atoms with E-state index < -0.39 is 23.2 Å². The lowest BCUT2D eigenvalue weighted by Crippen LogP contribution is -2.39. The summed E-state index contributed by atoms with van der Waals surface area (Å²) in [6.45, 7) is 2.39. The number of carbonyl (C=O) groups is 3. The molecule has 104 valence electrons. The lowest BCUT2D eigenvalue weighted by atomic mass is 9.90. The van der Waals surface area contributed by atoms with Crippen LogP contribution in [-0.4, -0.2) is 36.1 Å². The van der Waals surface area contributed by atoms with Gasteiger partial charge in [-0.2, -0.15) is 0 Å². The molecular formula is C14H13NO5. The van der Waals surface area contributed by atoms with Crippen molar-refractivity contribution >= 4 is 17.8 Å². The van der Waals surface area contributed by atoms with Gasteiger partial charge in [0.15, 0.2) is 0 Å². The Morgan fingerprint density at radius 1 is 1.25 bits per heavy atom. The van der Waals surface area contributed by atoms with Gasteiger partial charge in [-0.25, -0.2) is 4.79 Å². The van der Waals surface area contributed by atoms with Gasteiger partial charge in [-0.1, -0.05) is 17.2 Å². The van der Waals surface area contributed by atoms with E-state index in [2.05, 4.69) is 0 Å². The summed E-state index contributed by atoms with van der Waals surface area (Å²) in [6.07, 6.45) is 0.509. The van der Waals surface area contributed by atoms with E-state index in [1.54, 1.807) is 19.1 Å². The Bertz CT molecular complexity index is 568. The molecule has 1 fully saturated rings. The zero-order valence-electron chi connectivity index (χ0n) is 10.9. The Labute approximate surface area is 115 Å². The number of nitrogens with zero attached hydrogens (tertiary/aromatic N) is 1. The molecular weight excluding hydrogens is 262 g/mol. The Balaban J connectivity index is 1.82. The van der Waals surface area contributed by atoms with Crippen LogP contribution in [0.5, 0.6) is 0 Å². The Morgan fingerprint density at radius 2 is 1.85 bits per heavy atom. The van der Waals surface area contributed by atoms with Crippen LogP contribution in [0.2, 0.25) is 0 Å². The van der Waals surface area contributed by atoms with Gasteiger partial charge in [-0.05, 0) is 25.5 Å². The number of benzene rings is 1. The molecule has 3 rings (SSSR count). The van der Waals surface area contributed by atoms with E-state index >= 15 is 0 Å². The van der Waals surface area contributed by atoms with Crippen molar-refractivity contribution in [3.63, 3.8) is 0 Å². The minimum atomic E-state index is -0.810. The Hall–Kier alpha value is -2.21. The Morgan fingerprint density at radius 3 is 2.35 bits per heavy atom. The number of fused-ring (bicyclic) bond motifs is 1. The molecule has 0 radical (unpaired) electrons. The highest BCUT2D eigenvalue weighted by Gasteiger charge is 2.44. The maximum absolute atomic E-state index is 12.1. The number of imide groups is 1. The topological polar surface area (TPSA) is 72.9 Å². The minimum Gasteiger partial charge on any atom is -0.380 e. The van der Waals surface area contributed by atoms with Gasteiger partial charge in [0.25, 0.3) is 11.8 Å². The molecule has 1 saturated heterocycles. The molecule has 20 heavy (non-hydrogen) atoms. The molecule has 2 aliphatic rings. The van der Waals surface area contributed by atoms with Crippen molar-refractivity contribution in [3.8, 4) is 0 Å². The zero-order valence-corrected chi connectivity index (χ0v) is 10.9. The van der Waals surface area contributed by atoms with E-state index in [1.165, 1.54) is 12.1 Å². The van der Waals surface area contributed by atoms with Crippen LogP contribution in [0.25, 0.3) is 0 Å². The maximum Gasteiger partial charge on any atom is 0.341 e. The average molecular weight is 275 g/mol. The summed E-state index contributed by atoms with van der Waals surface area (Å²) in [5, 5.41) is 0.538. The van der Waals surface area contributed by atoms with E-state index in [-0.39, 0.29) is 17.7 Å². The molecule has 1 unspecified atom stereocenters. The third-order valence-electron chi connectivity index (χ3n) is 3.64. The fourth-order valence-electron chi connectivity index (χ4n) is 2.27. The van der Waals surface area contributed by atoms with Crippen LogP contribution in [0.3, 0.4) is 0 Å². The smallest absolute Gasteiger partial charge is 0.341 e. The van der Waals surface area contributed by atoms with E-state index in [4.69, 9.17) is 9.57 Å². The second-order valence-corrected chi connectivity index (χ2v) is 5.19. The van der Waals surface area contributed by atoms with Crippen molar-refractivity contribution in [1.29, 1.82) is 0 Å². The first-order valence-electron chi connectivity index (χ1n) is 6.31. The number of rotatable bonds is 2. The van der Waals surface area contributed by atoms with E-state index in [0.717, 1.165) is 0 Å². The maximum atomic E-state index is 12.1. The second kappa shape index (κ2) is 4.42. The van der Waals surface area contributed by atoms with Gasteiger partial charge in [-0.3, -0.25) is 9.59 Å². The van der Waals surface area contributed by atoms with Gasteiger partial charge in [0, 0.05) is 6.61 Å². The number of carbonyl (C=O) groups excluding carboxylic acids is 3. The van der Waals surface area contributed by atoms with Crippen LogP contribution < -0.4 is 0 Å². The van der Waals surface area contributed by atoms with Crippen LogP contribution in [0, 0.1) is 5.41 Å². The summed E-state index contributed by atoms with van der Waals surface area (Å²) in [5.74, 6) is -1.84. The molecule has 0 spiro atoms. The van der Waals surface area contributed by atoms with Gasteiger partial charge in [0.1, 0.15) is 0 Å². The first-order chi connectivity index (χ1) is 9.53. The van der Waals surface area contributed by atoms with Crippen molar-refractivity contribution in [2.45, 2.75) is 13.3 Å². The quantitative estimate of drug-likeness (QED) is 0.757. The summed E-state index contributed by atoms with van der Waals surface area (Å²) in [6, 6.07) is 6.37. The molecule has 0 aromatic heterocycles. The number of hydroxylamine groups is 2. The van der Waals surface area contributed by atoms with Crippen molar-refractivity contribution in [2.24, 2.45) is 5.41 Å². The van der Waals surface area contributed by atoms with Crippen LogP contribution in [0.1, 0.15) is 34.1 Å². The van der Waals surface area contributed by atoms with E-state index in [9.17, 15) is 14.4 Å². The minimum absolute atomic E-state index is 0.231. The summed E-state index contributed by atoms with van der Waals surface area (Å²) in [7, 11) is 0. The Kier molecular flexibility index (Phi) is 2.83. The van der Waals surface area contributed by atoms with Crippen LogP contribution >= 0.6 is 0 Å². The SMILES string of the molecule is CC1(C(=O)ON2C(=O)c3ccccc3C2=O)CCOC1. The largest absolute Gasteiger partial charge is 0.380 e. The number of amides is 2. The lowest BCUT2D eigenvalue weighted by molar-refractivity contribution is -0.180. The standard InChI is InChI=1S/C14H13NO5/c1-14(6-7-19-8-14)13(18)20-15-11(16)9-4-2-3-5-10(9)12(15)17/h2-5H,6-8H2,1H3. The molecule has 0 N–H and O–H groups in total. The fraction of sp³-hybridized carbons (Fsp3) is 0.357. The van der Waals surface area contributed by atoms with Gasteiger partial charge in [0.05, 0.1) is 23.1 Å². The number of hydrogen-bond acceptors (Lipinski definition) is 5. The molecule has 1 aromatic carbocycles. The lowest BCUT2D eigenvalue weighted by Gasteiger charge is -2.22. The molecule has 2 amide bonds. The molecule has 2 aliphatic heterocycles. The summed E-state index contributed by atoms with van der Waals surface area (Å²) >= 11 is 0. The van der Waals surface area contributed by atoms with Crippen LogP contribution in [0.15, 0.2) is 24.3 Å². The highest BCUT2D eigenvalue weighted by molar-refractivity contribution is 6.20. The highest BCUT2D eigenvalue weighted by atomic mass is 16.7. The van der Waals surface area contributed by atoms with E-state index in [1.807, 2.05) is 0 Å². The van der Waals surface area contributed by atoms with Crippen molar-refractivity contribution < 1.29 is 24.0 Å². The van der Waals surface area contributed by atoms with Crippen LogP contribution in [0.4, 0.5) is 0 Å². The van der Waals surface area contributed by atoms with Crippen molar-refractivity contribution in [2.75, 3.05) is 13.2 Å². The first kappa shape index (κ1) is 12.8. The molecule has 1 aromatic rings.